The minimum atomic E-state index is -0.502. The molecule has 0 saturated heterocycles. The molecule has 0 spiro atoms. The van der Waals surface area contributed by atoms with E-state index in [1.54, 1.807) is 11.8 Å². The van der Waals surface area contributed by atoms with Gasteiger partial charge in [0, 0.05) is 23.4 Å². The van der Waals surface area contributed by atoms with E-state index < -0.39 is 11.9 Å². The molecule has 0 heterocycles. The van der Waals surface area contributed by atoms with Crippen molar-refractivity contribution in [3.63, 3.8) is 0 Å². The second kappa shape index (κ2) is 10.9. The molecule has 2 amide bonds. The van der Waals surface area contributed by atoms with Crippen molar-refractivity contribution >= 4 is 41.1 Å². The summed E-state index contributed by atoms with van der Waals surface area (Å²) in [5, 5.41) is 5.39. The van der Waals surface area contributed by atoms with Crippen LogP contribution in [0.4, 0.5) is 0 Å². The second-order valence-electron chi connectivity index (χ2n) is 4.52. The Kier molecular flexibility index (Phi) is 9.16. The molecule has 1 aromatic rings. The molecule has 0 aliphatic heterocycles. The van der Waals surface area contributed by atoms with Crippen LogP contribution in [0.25, 0.3) is 0 Å². The van der Waals surface area contributed by atoms with E-state index in [1.807, 2.05) is 24.3 Å². The molecule has 23 heavy (non-hydrogen) atoms. The van der Waals surface area contributed by atoms with Crippen LogP contribution in [-0.4, -0.2) is 43.7 Å². The van der Waals surface area contributed by atoms with E-state index in [1.165, 1.54) is 7.05 Å². The van der Waals surface area contributed by atoms with E-state index in [-0.39, 0.29) is 25.5 Å². The number of carbonyl (C=O) groups excluding carboxylic acids is 3. The van der Waals surface area contributed by atoms with Crippen molar-refractivity contribution in [1.29, 1.82) is 0 Å². The van der Waals surface area contributed by atoms with Crippen molar-refractivity contribution in [2.45, 2.75) is 17.7 Å². The predicted molar refractivity (Wildman–Crippen MR) is 89.4 cm³/mol. The molecule has 0 aromatic heterocycles. The van der Waals surface area contributed by atoms with Crippen molar-refractivity contribution < 1.29 is 19.1 Å². The maximum Gasteiger partial charge on any atom is 0.306 e. The highest BCUT2D eigenvalue weighted by Gasteiger charge is 2.08. The Labute approximate surface area is 144 Å². The zero-order valence-electron chi connectivity index (χ0n) is 12.8. The van der Waals surface area contributed by atoms with Gasteiger partial charge in [0.05, 0.1) is 6.54 Å². The standard InChI is InChI=1S/C15H19ClN2O4S/c1-17-13(19)9-18-14(20)10-22-15(21)3-2-8-23-12-6-4-11(16)5-7-12/h4-7H,2-3,8-10H2,1H3,(H,17,19)(H,18,20). The third-order valence-corrected chi connectivity index (χ3v) is 4.05. The number of ether oxygens (including phenoxy) is 1. The van der Waals surface area contributed by atoms with Gasteiger partial charge >= 0.3 is 5.97 Å². The van der Waals surface area contributed by atoms with E-state index in [0.717, 1.165) is 10.6 Å². The average molecular weight is 359 g/mol. The number of rotatable bonds is 9. The van der Waals surface area contributed by atoms with Crippen LogP contribution in [0.5, 0.6) is 0 Å². The van der Waals surface area contributed by atoms with Crippen LogP contribution >= 0.6 is 23.4 Å². The molecule has 0 saturated carbocycles. The third-order valence-electron chi connectivity index (χ3n) is 2.70. The topological polar surface area (TPSA) is 84.5 Å². The molecule has 0 aliphatic carbocycles. The van der Waals surface area contributed by atoms with Crippen molar-refractivity contribution in [3.05, 3.63) is 29.3 Å². The molecule has 1 rings (SSSR count). The number of benzene rings is 1. The first-order valence-electron chi connectivity index (χ1n) is 7.02. The summed E-state index contributed by atoms with van der Waals surface area (Å²) in [5.41, 5.74) is 0. The summed E-state index contributed by atoms with van der Waals surface area (Å²) < 4.78 is 4.83. The van der Waals surface area contributed by atoms with Gasteiger partial charge in [0.1, 0.15) is 0 Å². The lowest BCUT2D eigenvalue weighted by atomic mass is 10.3. The number of carbonyl (C=O) groups is 3. The summed E-state index contributed by atoms with van der Waals surface area (Å²) in [4.78, 5) is 34.8. The maximum absolute atomic E-state index is 11.5. The Morgan fingerprint density at radius 3 is 2.52 bits per heavy atom. The fourth-order valence-corrected chi connectivity index (χ4v) is 2.45. The molecule has 0 unspecified atom stereocenters. The van der Waals surface area contributed by atoms with Gasteiger partial charge in [0.2, 0.25) is 5.91 Å². The van der Waals surface area contributed by atoms with Crippen LogP contribution < -0.4 is 10.6 Å². The Bertz CT molecular complexity index is 537. The first kappa shape index (κ1) is 19.3. The van der Waals surface area contributed by atoms with Crippen LogP contribution in [-0.2, 0) is 19.1 Å². The van der Waals surface area contributed by atoms with Crippen LogP contribution in [0.3, 0.4) is 0 Å². The van der Waals surface area contributed by atoms with Gasteiger partial charge in [-0.15, -0.1) is 11.8 Å². The van der Waals surface area contributed by atoms with E-state index in [0.29, 0.717) is 11.4 Å². The summed E-state index contributed by atoms with van der Waals surface area (Å²) in [6.07, 6.45) is 0.884. The van der Waals surface area contributed by atoms with Crippen LogP contribution in [0.2, 0.25) is 5.02 Å². The number of thioether (sulfide) groups is 1. The maximum atomic E-state index is 11.5. The summed E-state index contributed by atoms with van der Waals surface area (Å²) in [6, 6.07) is 7.47. The van der Waals surface area contributed by atoms with Gasteiger partial charge in [-0.05, 0) is 36.4 Å². The first-order valence-corrected chi connectivity index (χ1v) is 8.39. The number of likely N-dealkylation sites (N-methyl/N-ethyl adjacent to an activating group) is 1. The molecule has 0 atom stereocenters. The van der Waals surface area contributed by atoms with Crippen molar-refractivity contribution in [3.8, 4) is 0 Å². The van der Waals surface area contributed by atoms with Crippen molar-refractivity contribution in [1.82, 2.24) is 10.6 Å². The lowest BCUT2D eigenvalue weighted by molar-refractivity contribution is -0.148. The first-order chi connectivity index (χ1) is 11.0. The fourth-order valence-electron chi connectivity index (χ4n) is 1.47. The Morgan fingerprint density at radius 2 is 1.87 bits per heavy atom. The van der Waals surface area contributed by atoms with E-state index in [4.69, 9.17) is 16.3 Å². The molecule has 2 N–H and O–H groups in total. The van der Waals surface area contributed by atoms with Crippen LogP contribution in [0, 0.1) is 0 Å². The Morgan fingerprint density at radius 1 is 1.17 bits per heavy atom. The quantitative estimate of drug-likeness (QED) is 0.398. The lowest BCUT2D eigenvalue weighted by Crippen LogP contribution is -2.37. The van der Waals surface area contributed by atoms with Gasteiger partial charge < -0.3 is 15.4 Å². The van der Waals surface area contributed by atoms with Crippen molar-refractivity contribution in [2.75, 3.05) is 26.0 Å². The van der Waals surface area contributed by atoms with Gasteiger partial charge in [-0.25, -0.2) is 0 Å². The monoisotopic (exact) mass is 358 g/mol. The molecule has 0 fully saturated rings. The minimum absolute atomic E-state index is 0.134. The highest BCUT2D eigenvalue weighted by atomic mass is 35.5. The SMILES string of the molecule is CNC(=O)CNC(=O)COC(=O)CCCSc1ccc(Cl)cc1. The summed E-state index contributed by atoms with van der Waals surface area (Å²) >= 11 is 7.42. The van der Waals surface area contributed by atoms with Crippen LogP contribution in [0.15, 0.2) is 29.2 Å². The van der Waals surface area contributed by atoms with Crippen molar-refractivity contribution in [2.24, 2.45) is 0 Å². The van der Waals surface area contributed by atoms with E-state index >= 15 is 0 Å². The van der Waals surface area contributed by atoms with Gasteiger partial charge in [0.15, 0.2) is 6.61 Å². The largest absolute Gasteiger partial charge is 0.456 e. The predicted octanol–water partition coefficient (Wildman–Crippen LogP) is 1.62. The zero-order valence-corrected chi connectivity index (χ0v) is 14.3. The molecule has 8 heteroatoms. The molecule has 1 aromatic carbocycles. The molecular weight excluding hydrogens is 340 g/mol. The van der Waals surface area contributed by atoms with E-state index in [9.17, 15) is 14.4 Å². The highest BCUT2D eigenvalue weighted by molar-refractivity contribution is 7.99. The summed E-state index contributed by atoms with van der Waals surface area (Å²) in [7, 11) is 1.47. The van der Waals surface area contributed by atoms with Gasteiger partial charge in [-0.3, -0.25) is 14.4 Å². The normalized spacial score (nSPS) is 10.0. The number of amides is 2. The van der Waals surface area contributed by atoms with E-state index in [2.05, 4.69) is 10.6 Å². The molecule has 0 radical (unpaired) electrons. The highest BCUT2D eigenvalue weighted by Crippen LogP contribution is 2.21. The zero-order chi connectivity index (χ0) is 17.1. The third kappa shape index (κ3) is 9.10. The number of hydrogen-bond acceptors (Lipinski definition) is 5. The average Bonchev–Trinajstić information content (AvgIpc) is 2.56. The lowest BCUT2D eigenvalue weighted by Gasteiger charge is -2.06. The molecule has 6 nitrogen and oxygen atoms in total. The van der Waals surface area contributed by atoms with Gasteiger partial charge in [-0.2, -0.15) is 0 Å². The fraction of sp³-hybridized carbons (Fsp3) is 0.400. The summed E-state index contributed by atoms with van der Waals surface area (Å²) in [6.45, 7) is -0.509. The molecule has 126 valence electrons. The molecular formula is C15H19ClN2O4S. The Hall–Kier alpha value is -1.73. The Balaban J connectivity index is 2.09. The number of esters is 1. The summed E-state index contributed by atoms with van der Waals surface area (Å²) in [5.74, 6) is -0.488. The molecule has 0 aliphatic rings. The van der Waals surface area contributed by atoms with Gasteiger partial charge in [0.25, 0.3) is 5.91 Å². The smallest absolute Gasteiger partial charge is 0.306 e. The number of halogens is 1. The van der Waals surface area contributed by atoms with Gasteiger partial charge in [-0.1, -0.05) is 11.6 Å². The molecule has 0 bridgehead atoms. The number of hydrogen-bond donors (Lipinski definition) is 2. The van der Waals surface area contributed by atoms with Crippen LogP contribution in [0.1, 0.15) is 12.8 Å². The number of nitrogens with one attached hydrogen (secondary N) is 2. The minimum Gasteiger partial charge on any atom is -0.456 e. The second-order valence-corrected chi connectivity index (χ2v) is 6.12.